The SMILES string of the molecule is COC1C(Sc2cc(Cl)cnc2C(=O)N2CCC2)OC(CO)C(O)C1n1cc(-c2ccc(Cl)c(F)c2)nn1. The molecule has 5 rings (SSSR count). The molecule has 202 valence electrons. The highest BCUT2D eigenvalue weighted by Gasteiger charge is 2.48. The van der Waals surface area contributed by atoms with E-state index in [0.717, 1.165) is 18.2 Å². The molecule has 10 nitrogen and oxygen atoms in total. The van der Waals surface area contributed by atoms with Crippen molar-refractivity contribution in [3.63, 3.8) is 0 Å². The highest BCUT2D eigenvalue weighted by atomic mass is 35.5. The van der Waals surface area contributed by atoms with E-state index in [0.29, 0.717) is 34.3 Å². The molecule has 0 spiro atoms. The first-order valence-electron chi connectivity index (χ1n) is 11.8. The van der Waals surface area contributed by atoms with Gasteiger partial charge in [-0.3, -0.25) is 4.79 Å². The number of aliphatic hydroxyl groups excluding tert-OH is 2. The van der Waals surface area contributed by atoms with E-state index in [1.165, 1.54) is 30.1 Å². The summed E-state index contributed by atoms with van der Waals surface area (Å²) in [5.74, 6) is -0.818. The second kappa shape index (κ2) is 11.4. The zero-order valence-electron chi connectivity index (χ0n) is 20.1. The molecule has 1 aromatic carbocycles. The van der Waals surface area contributed by atoms with Crippen LogP contribution < -0.4 is 0 Å². The third-order valence-electron chi connectivity index (χ3n) is 6.54. The van der Waals surface area contributed by atoms with E-state index in [1.54, 1.807) is 23.2 Å². The van der Waals surface area contributed by atoms with Crippen LogP contribution in [0.5, 0.6) is 0 Å². The van der Waals surface area contributed by atoms with E-state index >= 15 is 0 Å². The summed E-state index contributed by atoms with van der Waals surface area (Å²) in [5, 5.41) is 29.7. The van der Waals surface area contributed by atoms with Gasteiger partial charge in [0, 0.05) is 36.9 Å². The van der Waals surface area contributed by atoms with Crippen molar-refractivity contribution in [2.24, 2.45) is 0 Å². The van der Waals surface area contributed by atoms with Gasteiger partial charge >= 0.3 is 0 Å². The molecule has 14 heteroatoms. The molecular formula is C24H24Cl2FN5O5S. The number of ether oxygens (including phenoxy) is 2. The van der Waals surface area contributed by atoms with Crippen molar-refractivity contribution in [3.05, 3.63) is 58.2 Å². The molecule has 2 fully saturated rings. The third kappa shape index (κ3) is 5.26. The van der Waals surface area contributed by atoms with E-state index in [1.807, 2.05) is 0 Å². The van der Waals surface area contributed by atoms with Crippen LogP contribution in [0, 0.1) is 5.82 Å². The lowest BCUT2D eigenvalue weighted by Crippen LogP contribution is -2.55. The summed E-state index contributed by atoms with van der Waals surface area (Å²) in [7, 11) is 1.45. The van der Waals surface area contributed by atoms with Crippen LogP contribution in [0.1, 0.15) is 23.0 Å². The van der Waals surface area contributed by atoms with E-state index in [-0.39, 0.29) is 16.6 Å². The number of hydrogen-bond acceptors (Lipinski definition) is 9. The first-order chi connectivity index (χ1) is 18.3. The average Bonchev–Trinajstić information content (AvgIpc) is 3.35. The number of pyridine rings is 1. The number of thioether (sulfide) groups is 1. The summed E-state index contributed by atoms with van der Waals surface area (Å²) in [6.45, 7) is 0.824. The Bertz CT molecular complexity index is 1330. The van der Waals surface area contributed by atoms with Crippen molar-refractivity contribution in [2.75, 3.05) is 26.8 Å². The van der Waals surface area contributed by atoms with Gasteiger partial charge in [0.25, 0.3) is 5.91 Å². The lowest BCUT2D eigenvalue weighted by Gasteiger charge is -2.43. The summed E-state index contributed by atoms with van der Waals surface area (Å²) in [6.07, 6.45) is 0.862. The lowest BCUT2D eigenvalue weighted by molar-refractivity contribution is -0.186. The van der Waals surface area contributed by atoms with Crippen molar-refractivity contribution in [3.8, 4) is 11.3 Å². The summed E-state index contributed by atoms with van der Waals surface area (Å²) >= 11 is 13.2. The number of aliphatic hydroxyl groups is 2. The first-order valence-corrected chi connectivity index (χ1v) is 13.4. The highest BCUT2D eigenvalue weighted by molar-refractivity contribution is 8.00. The highest BCUT2D eigenvalue weighted by Crippen LogP contribution is 2.41. The Kier molecular flexibility index (Phi) is 8.19. The first kappa shape index (κ1) is 27.3. The zero-order valence-corrected chi connectivity index (χ0v) is 22.4. The topological polar surface area (TPSA) is 123 Å². The summed E-state index contributed by atoms with van der Waals surface area (Å²) < 4.78 is 27.2. The second-order valence-corrected chi connectivity index (χ2v) is 10.9. The number of nitrogens with zero attached hydrogens (tertiary/aromatic N) is 5. The number of carbonyl (C=O) groups excluding carboxylic acids is 1. The van der Waals surface area contributed by atoms with Crippen LogP contribution in [0.2, 0.25) is 10.0 Å². The van der Waals surface area contributed by atoms with Crippen molar-refractivity contribution < 1.29 is 28.9 Å². The maximum atomic E-state index is 14.0. The molecule has 0 aliphatic carbocycles. The fourth-order valence-corrected chi connectivity index (χ4v) is 6.03. The maximum Gasteiger partial charge on any atom is 0.273 e. The van der Waals surface area contributed by atoms with Crippen LogP contribution in [0.25, 0.3) is 11.3 Å². The minimum absolute atomic E-state index is 0.0199. The number of hydrogen-bond donors (Lipinski definition) is 2. The van der Waals surface area contributed by atoms with Crippen LogP contribution in [-0.2, 0) is 9.47 Å². The smallest absolute Gasteiger partial charge is 0.273 e. The minimum Gasteiger partial charge on any atom is -0.394 e. The molecular weight excluding hydrogens is 560 g/mol. The van der Waals surface area contributed by atoms with Gasteiger partial charge < -0.3 is 24.6 Å². The molecule has 2 aromatic heterocycles. The third-order valence-corrected chi connectivity index (χ3v) is 8.23. The standard InChI is InChI=1S/C24H24Cl2FN5O5S/c1-36-22-20(32-10-16(29-30-32)12-3-4-14(26)15(27)7-12)21(34)17(11-33)37-24(22)38-18-8-13(25)9-28-19(18)23(35)31-5-2-6-31/h3-4,7-10,17,20-22,24,33-34H,2,5-6,11H2,1H3. The van der Waals surface area contributed by atoms with Crippen molar-refractivity contribution in [1.29, 1.82) is 0 Å². The van der Waals surface area contributed by atoms with Crippen molar-refractivity contribution in [2.45, 2.75) is 41.1 Å². The van der Waals surface area contributed by atoms with Crippen LogP contribution in [0.15, 0.2) is 41.6 Å². The monoisotopic (exact) mass is 583 g/mol. The molecule has 3 aromatic rings. The Morgan fingerprint density at radius 3 is 2.76 bits per heavy atom. The fraction of sp³-hybridized carbons (Fsp3) is 0.417. The van der Waals surface area contributed by atoms with Gasteiger partial charge in [-0.05, 0) is 24.6 Å². The molecule has 4 heterocycles. The number of methoxy groups -OCH3 is 1. The Labute approximate surface area is 231 Å². The lowest BCUT2D eigenvalue weighted by atomic mass is 9.97. The molecule has 5 unspecified atom stereocenters. The molecule has 2 aliphatic heterocycles. The Morgan fingerprint density at radius 2 is 2.11 bits per heavy atom. The summed E-state index contributed by atoms with van der Waals surface area (Å²) in [6, 6.07) is 5.04. The van der Waals surface area contributed by atoms with Crippen molar-refractivity contribution in [1.82, 2.24) is 24.9 Å². The molecule has 5 atom stereocenters. The number of rotatable bonds is 7. The van der Waals surface area contributed by atoms with Gasteiger partial charge in [-0.2, -0.15) is 0 Å². The molecule has 2 saturated heterocycles. The zero-order chi connectivity index (χ0) is 27.0. The predicted octanol–water partition coefficient (Wildman–Crippen LogP) is 3.06. The summed E-state index contributed by atoms with van der Waals surface area (Å²) in [4.78, 5) is 19.4. The van der Waals surface area contributed by atoms with E-state index in [4.69, 9.17) is 32.7 Å². The van der Waals surface area contributed by atoms with Gasteiger partial charge in [0.2, 0.25) is 0 Å². The maximum absolute atomic E-state index is 14.0. The van der Waals surface area contributed by atoms with Crippen LogP contribution in [0.4, 0.5) is 4.39 Å². The fourth-order valence-electron chi connectivity index (χ4n) is 4.38. The van der Waals surface area contributed by atoms with Crippen LogP contribution >= 0.6 is 35.0 Å². The normalized spacial score (nSPS) is 25.3. The van der Waals surface area contributed by atoms with E-state index < -0.39 is 42.2 Å². The van der Waals surface area contributed by atoms with Gasteiger partial charge in [0.15, 0.2) is 0 Å². The van der Waals surface area contributed by atoms with Crippen LogP contribution in [0.3, 0.4) is 0 Å². The Hall–Kier alpha value is -2.32. The average molecular weight is 584 g/mol. The number of carbonyl (C=O) groups is 1. The van der Waals surface area contributed by atoms with Gasteiger partial charge in [0.05, 0.1) is 22.8 Å². The van der Waals surface area contributed by atoms with E-state index in [2.05, 4.69) is 15.3 Å². The largest absolute Gasteiger partial charge is 0.394 e. The molecule has 1 amide bonds. The number of halogens is 3. The number of aromatic nitrogens is 4. The van der Waals surface area contributed by atoms with Gasteiger partial charge in [-0.15, -0.1) is 5.10 Å². The molecule has 0 saturated carbocycles. The number of benzene rings is 1. The Balaban J connectivity index is 1.47. The molecule has 0 bridgehead atoms. The quantitative estimate of drug-likeness (QED) is 0.432. The molecule has 38 heavy (non-hydrogen) atoms. The molecule has 2 N–H and O–H groups in total. The van der Waals surface area contributed by atoms with Crippen LogP contribution in [-0.4, -0.2) is 91.6 Å². The Morgan fingerprint density at radius 1 is 1.32 bits per heavy atom. The number of likely N-dealkylation sites (tertiary alicyclic amines) is 1. The van der Waals surface area contributed by atoms with E-state index in [9.17, 15) is 19.4 Å². The second-order valence-electron chi connectivity index (χ2n) is 8.88. The van der Waals surface area contributed by atoms with Gasteiger partial charge in [-0.1, -0.05) is 46.2 Å². The van der Waals surface area contributed by atoms with Gasteiger partial charge in [0.1, 0.15) is 47.0 Å². The molecule has 0 radical (unpaired) electrons. The summed E-state index contributed by atoms with van der Waals surface area (Å²) in [5.41, 5.74) is 0.223. The van der Waals surface area contributed by atoms with Crippen molar-refractivity contribution >= 4 is 40.9 Å². The predicted molar refractivity (Wildman–Crippen MR) is 138 cm³/mol. The number of amides is 1. The van der Waals surface area contributed by atoms with Gasteiger partial charge in [-0.25, -0.2) is 14.1 Å². The molecule has 2 aliphatic rings. The minimum atomic E-state index is -1.22.